The summed E-state index contributed by atoms with van der Waals surface area (Å²) in [5.74, 6) is 0.560. The topological polar surface area (TPSA) is 57.7 Å². The van der Waals surface area contributed by atoms with E-state index in [0.717, 1.165) is 11.8 Å². The van der Waals surface area contributed by atoms with Gasteiger partial charge in [0.2, 0.25) is 15.9 Å². The first-order chi connectivity index (χ1) is 13.4. The highest BCUT2D eigenvalue weighted by Gasteiger charge is 2.30. The van der Waals surface area contributed by atoms with Crippen molar-refractivity contribution >= 4 is 27.7 Å². The van der Waals surface area contributed by atoms with E-state index in [1.807, 2.05) is 6.92 Å². The highest BCUT2D eigenvalue weighted by atomic mass is 32.2. The Kier molecular flexibility index (Phi) is 6.74. The first kappa shape index (κ1) is 20.8. The predicted molar refractivity (Wildman–Crippen MR) is 109 cm³/mol. The normalized spacial score (nSPS) is 15.6. The summed E-state index contributed by atoms with van der Waals surface area (Å²) in [7, 11) is -3.74. The monoisotopic (exact) mass is 422 g/mol. The van der Waals surface area contributed by atoms with Gasteiger partial charge in [0.25, 0.3) is 0 Å². The highest BCUT2D eigenvalue weighted by molar-refractivity contribution is 7.99. The molecule has 28 heavy (non-hydrogen) atoms. The number of hydrogen-bond acceptors (Lipinski definition) is 4. The van der Waals surface area contributed by atoms with Crippen molar-refractivity contribution in [2.75, 3.05) is 31.9 Å². The average Bonchev–Trinajstić information content (AvgIpc) is 2.69. The van der Waals surface area contributed by atoms with E-state index in [-0.39, 0.29) is 23.9 Å². The van der Waals surface area contributed by atoms with E-state index >= 15 is 0 Å². The summed E-state index contributed by atoms with van der Waals surface area (Å²) in [5.41, 5.74) is 2.38. The van der Waals surface area contributed by atoms with Gasteiger partial charge in [-0.05, 0) is 30.7 Å². The third-order valence-corrected chi connectivity index (χ3v) is 7.52. The summed E-state index contributed by atoms with van der Waals surface area (Å²) in [6.07, 6.45) is 0. The van der Waals surface area contributed by atoms with Crippen molar-refractivity contribution in [3.05, 3.63) is 65.5 Å². The van der Waals surface area contributed by atoms with Gasteiger partial charge in [0.15, 0.2) is 0 Å². The van der Waals surface area contributed by atoms with Crippen LogP contribution in [-0.4, -0.2) is 55.5 Å². The quantitative estimate of drug-likeness (QED) is 0.718. The average molecular weight is 423 g/mol. The largest absolute Gasteiger partial charge is 0.339 e. The van der Waals surface area contributed by atoms with Gasteiger partial charge in [-0.25, -0.2) is 12.8 Å². The molecule has 5 nitrogen and oxygen atoms in total. The number of benzene rings is 2. The molecule has 0 radical (unpaired) electrons. The third-order valence-electron chi connectivity index (χ3n) is 4.64. The van der Waals surface area contributed by atoms with Crippen molar-refractivity contribution in [2.45, 2.75) is 17.6 Å². The Morgan fingerprint density at radius 1 is 1.07 bits per heavy atom. The van der Waals surface area contributed by atoms with Gasteiger partial charge in [-0.2, -0.15) is 4.31 Å². The van der Waals surface area contributed by atoms with E-state index in [4.69, 9.17) is 0 Å². The molecule has 8 heteroatoms. The molecular formula is C20H23FN2O3S2. The van der Waals surface area contributed by atoms with E-state index in [1.54, 1.807) is 16.7 Å². The van der Waals surface area contributed by atoms with Crippen LogP contribution in [0, 0.1) is 12.7 Å². The molecule has 3 rings (SSSR count). The molecule has 2 aromatic rings. The second kappa shape index (κ2) is 9.07. The summed E-state index contributed by atoms with van der Waals surface area (Å²) in [6, 6.07) is 13.2. The molecule has 0 unspecified atom stereocenters. The summed E-state index contributed by atoms with van der Waals surface area (Å²) in [5, 5.41) is 0. The number of aryl methyl sites for hydroxylation is 1. The van der Waals surface area contributed by atoms with Crippen LogP contribution in [0.15, 0.2) is 53.4 Å². The zero-order valence-electron chi connectivity index (χ0n) is 15.7. The smallest absolute Gasteiger partial charge is 0.243 e. The van der Waals surface area contributed by atoms with Crippen molar-refractivity contribution in [1.29, 1.82) is 0 Å². The Morgan fingerprint density at radius 3 is 2.39 bits per heavy atom. The number of thioether (sulfide) groups is 1. The van der Waals surface area contributed by atoms with Crippen LogP contribution in [0.25, 0.3) is 0 Å². The summed E-state index contributed by atoms with van der Waals surface area (Å²) < 4.78 is 39.9. The van der Waals surface area contributed by atoms with Crippen molar-refractivity contribution in [3.63, 3.8) is 0 Å². The van der Waals surface area contributed by atoms with Crippen LogP contribution in [0.1, 0.15) is 11.1 Å². The van der Waals surface area contributed by atoms with E-state index in [0.29, 0.717) is 18.8 Å². The number of piperazine rings is 1. The SMILES string of the molecule is Cc1ccc(CSCC(=O)N2CCN(S(=O)(=O)c3cccc(F)c3)CC2)cc1. The number of carbonyl (C=O) groups is 1. The molecule has 0 aliphatic carbocycles. The number of hydrogen-bond donors (Lipinski definition) is 0. The Labute approximate surface area is 169 Å². The molecule has 1 aliphatic heterocycles. The van der Waals surface area contributed by atoms with Crippen molar-refractivity contribution in [3.8, 4) is 0 Å². The van der Waals surface area contributed by atoms with E-state index < -0.39 is 15.8 Å². The van der Waals surface area contributed by atoms with Gasteiger partial charge in [0, 0.05) is 31.9 Å². The van der Waals surface area contributed by atoms with Gasteiger partial charge in [0.1, 0.15) is 5.82 Å². The molecule has 0 spiro atoms. The molecule has 1 aliphatic rings. The molecule has 1 heterocycles. The molecule has 0 atom stereocenters. The minimum atomic E-state index is -3.74. The lowest BCUT2D eigenvalue weighted by atomic mass is 10.2. The van der Waals surface area contributed by atoms with Crippen molar-refractivity contribution in [1.82, 2.24) is 9.21 Å². The minimum absolute atomic E-state index is 0.0138. The van der Waals surface area contributed by atoms with E-state index in [9.17, 15) is 17.6 Å². The molecular weight excluding hydrogens is 399 g/mol. The lowest BCUT2D eigenvalue weighted by Gasteiger charge is -2.34. The maximum absolute atomic E-state index is 13.4. The number of rotatable bonds is 6. The van der Waals surface area contributed by atoms with Gasteiger partial charge in [-0.15, -0.1) is 11.8 Å². The van der Waals surface area contributed by atoms with Crippen LogP contribution in [0.2, 0.25) is 0 Å². The molecule has 1 saturated heterocycles. The van der Waals surface area contributed by atoms with Gasteiger partial charge >= 0.3 is 0 Å². The minimum Gasteiger partial charge on any atom is -0.339 e. The summed E-state index contributed by atoms with van der Waals surface area (Å²) >= 11 is 1.55. The van der Waals surface area contributed by atoms with Gasteiger partial charge < -0.3 is 4.90 Å². The van der Waals surface area contributed by atoms with Crippen molar-refractivity contribution in [2.24, 2.45) is 0 Å². The Hall–Kier alpha value is -1.90. The van der Waals surface area contributed by atoms with Crippen LogP contribution in [0.3, 0.4) is 0 Å². The number of nitrogens with zero attached hydrogens (tertiary/aromatic N) is 2. The van der Waals surface area contributed by atoms with Gasteiger partial charge in [-0.3, -0.25) is 4.79 Å². The molecule has 150 valence electrons. The third kappa shape index (κ3) is 5.12. The van der Waals surface area contributed by atoms with E-state index in [1.165, 1.54) is 33.6 Å². The van der Waals surface area contributed by atoms with Gasteiger partial charge in [0.05, 0.1) is 10.6 Å². The number of carbonyl (C=O) groups excluding carboxylic acids is 1. The van der Waals surface area contributed by atoms with Gasteiger partial charge in [-0.1, -0.05) is 35.9 Å². The van der Waals surface area contributed by atoms with Crippen LogP contribution in [0.5, 0.6) is 0 Å². The molecule has 1 amide bonds. The lowest BCUT2D eigenvalue weighted by Crippen LogP contribution is -2.51. The molecule has 0 N–H and O–H groups in total. The first-order valence-corrected chi connectivity index (χ1v) is 11.6. The summed E-state index contributed by atoms with van der Waals surface area (Å²) in [6.45, 7) is 3.16. The number of halogens is 1. The second-order valence-corrected chi connectivity index (χ2v) is 9.64. The van der Waals surface area contributed by atoms with Crippen LogP contribution >= 0.6 is 11.8 Å². The molecule has 0 saturated carbocycles. The van der Waals surface area contributed by atoms with Crippen LogP contribution in [0.4, 0.5) is 4.39 Å². The molecule has 2 aromatic carbocycles. The van der Waals surface area contributed by atoms with E-state index in [2.05, 4.69) is 24.3 Å². The number of sulfonamides is 1. The fourth-order valence-corrected chi connectivity index (χ4v) is 5.33. The zero-order chi connectivity index (χ0) is 20.1. The van der Waals surface area contributed by atoms with Crippen molar-refractivity contribution < 1.29 is 17.6 Å². The molecule has 0 aromatic heterocycles. The standard InChI is InChI=1S/C20H23FN2O3S2/c1-16-5-7-17(8-6-16)14-27-15-20(24)22-9-11-23(12-10-22)28(25,26)19-4-2-3-18(21)13-19/h2-8,13H,9-12,14-15H2,1H3. The van der Waals surface area contributed by atoms with Crippen LogP contribution in [-0.2, 0) is 20.6 Å². The molecule has 1 fully saturated rings. The zero-order valence-corrected chi connectivity index (χ0v) is 17.3. The summed E-state index contributed by atoms with van der Waals surface area (Å²) in [4.78, 5) is 14.0. The maximum atomic E-state index is 13.4. The lowest BCUT2D eigenvalue weighted by molar-refractivity contribution is -0.129. The highest BCUT2D eigenvalue weighted by Crippen LogP contribution is 2.19. The fraction of sp³-hybridized carbons (Fsp3) is 0.350. The fourth-order valence-electron chi connectivity index (χ4n) is 2.99. The maximum Gasteiger partial charge on any atom is 0.243 e. The first-order valence-electron chi connectivity index (χ1n) is 9.03. The number of amides is 1. The van der Waals surface area contributed by atoms with Crippen LogP contribution < -0.4 is 0 Å². The Balaban J connectivity index is 1.49. The second-order valence-electron chi connectivity index (χ2n) is 6.72. The molecule has 0 bridgehead atoms. The Bertz CT molecular complexity index is 925. The predicted octanol–water partition coefficient (Wildman–Crippen LogP) is 2.90. The Morgan fingerprint density at radius 2 is 1.75 bits per heavy atom.